The summed E-state index contributed by atoms with van der Waals surface area (Å²) in [5.74, 6) is 0. The zero-order valence-electron chi connectivity index (χ0n) is 12.8. The molecular formula is C17H25BrO. The molecule has 0 aliphatic heterocycles. The van der Waals surface area contributed by atoms with Crippen molar-refractivity contribution in [3.8, 4) is 0 Å². The first kappa shape index (κ1) is 15.1. The number of hydrogen-bond donors (Lipinski definition) is 0. The highest BCUT2D eigenvalue weighted by atomic mass is 79.9. The van der Waals surface area contributed by atoms with E-state index in [9.17, 15) is 0 Å². The lowest BCUT2D eigenvalue weighted by molar-refractivity contribution is -0.0773. The van der Waals surface area contributed by atoms with Gasteiger partial charge in [-0.1, -0.05) is 22.0 Å². The van der Waals surface area contributed by atoms with Gasteiger partial charge in [0.1, 0.15) is 0 Å². The fourth-order valence-electron chi connectivity index (χ4n) is 3.21. The molecule has 1 aromatic rings. The van der Waals surface area contributed by atoms with Crippen molar-refractivity contribution in [2.45, 2.75) is 63.8 Å². The number of alkyl halides is 1. The van der Waals surface area contributed by atoms with Gasteiger partial charge in [0, 0.05) is 11.9 Å². The second-order valence-electron chi connectivity index (χ2n) is 6.09. The van der Waals surface area contributed by atoms with Crippen LogP contribution in [0.5, 0.6) is 0 Å². The summed E-state index contributed by atoms with van der Waals surface area (Å²) in [6.45, 7) is 8.90. The molecule has 0 heterocycles. The van der Waals surface area contributed by atoms with Crippen molar-refractivity contribution >= 4 is 15.9 Å². The van der Waals surface area contributed by atoms with E-state index in [1.54, 1.807) is 0 Å². The van der Waals surface area contributed by atoms with E-state index in [0.717, 1.165) is 6.42 Å². The second-order valence-corrected chi connectivity index (χ2v) is 7.19. The average molecular weight is 325 g/mol. The van der Waals surface area contributed by atoms with Gasteiger partial charge in [0.05, 0.1) is 5.60 Å². The molecule has 0 aromatic heterocycles. The highest BCUT2D eigenvalue weighted by Crippen LogP contribution is 2.46. The molecule has 0 amide bonds. The summed E-state index contributed by atoms with van der Waals surface area (Å²) in [5, 5.41) is 0. The van der Waals surface area contributed by atoms with Gasteiger partial charge in [0.15, 0.2) is 0 Å². The lowest BCUT2D eigenvalue weighted by Gasteiger charge is -2.42. The van der Waals surface area contributed by atoms with Crippen LogP contribution in [0.15, 0.2) is 6.07 Å². The van der Waals surface area contributed by atoms with Gasteiger partial charge in [-0.3, -0.25) is 0 Å². The summed E-state index contributed by atoms with van der Waals surface area (Å²) in [5.41, 5.74) is 7.22. The number of halogens is 1. The monoisotopic (exact) mass is 324 g/mol. The number of methoxy groups -OCH3 is 1. The van der Waals surface area contributed by atoms with Crippen molar-refractivity contribution in [3.63, 3.8) is 0 Å². The molecule has 1 fully saturated rings. The molecule has 0 radical (unpaired) electrons. The quantitative estimate of drug-likeness (QED) is 0.681. The van der Waals surface area contributed by atoms with Gasteiger partial charge in [-0.05, 0) is 81.2 Å². The van der Waals surface area contributed by atoms with Crippen LogP contribution in [-0.4, -0.2) is 12.7 Å². The highest BCUT2D eigenvalue weighted by molar-refractivity contribution is 9.09. The second kappa shape index (κ2) is 5.57. The molecule has 0 N–H and O–H groups in total. The van der Waals surface area contributed by atoms with Gasteiger partial charge >= 0.3 is 0 Å². The molecule has 2 heteroatoms. The normalized spacial score (nSPS) is 19.1. The van der Waals surface area contributed by atoms with E-state index in [-0.39, 0.29) is 5.60 Å². The minimum Gasteiger partial charge on any atom is -0.378 e. The first-order chi connectivity index (χ1) is 8.90. The Balaban J connectivity index is 2.31. The molecule has 1 atom stereocenters. The van der Waals surface area contributed by atoms with Gasteiger partial charge in [0.25, 0.3) is 0 Å². The van der Waals surface area contributed by atoms with Crippen LogP contribution in [0.1, 0.15) is 58.3 Å². The summed E-state index contributed by atoms with van der Waals surface area (Å²) in [4.78, 5) is 0.395. The molecule has 1 aliphatic carbocycles. The van der Waals surface area contributed by atoms with Crippen LogP contribution >= 0.6 is 15.9 Å². The van der Waals surface area contributed by atoms with Crippen molar-refractivity contribution < 1.29 is 4.74 Å². The summed E-state index contributed by atoms with van der Waals surface area (Å²) in [6, 6.07) is 2.29. The van der Waals surface area contributed by atoms with Gasteiger partial charge in [-0.15, -0.1) is 0 Å². The number of rotatable bonds is 4. The number of ether oxygens (including phenoxy) is 1. The highest BCUT2D eigenvalue weighted by Gasteiger charge is 2.39. The molecule has 1 aliphatic rings. The van der Waals surface area contributed by atoms with E-state index in [4.69, 9.17) is 4.74 Å². The predicted molar refractivity (Wildman–Crippen MR) is 85.3 cm³/mol. The molecule has 2 rings (SSSR count). The van der Waals surface area contributed by atoms with Crippen LogP contribution in [0, 0.1) is 27.7 Å². The third-order valence-corrected chi connectivity index (χ3v) is 5.77. The predicted octanol–water partition coefficient (Wildman–Crippen LogP) is 5.32. The first-order valence-corrected chi connectivity index (χ1v) is 8.08. The summed E-state index contributed by atoms with van der Waals surface area (Å²) < 4.78 is 5.78. The topological polar surface area (TPSA) is 9.23 Å². The smallest absolute Gasteiger partial charge is 0.0692 e. The zero-order valence-corrected chi connectivity index (χ0v) is 14.4. The molecule has 0 bridgehead atoms. The molecule has 0 saturated heterocycles. The van der Waals surface area contributed by atoms with Crippen LogP contribution in [-0.2, 0) is 4.74 Å². The van der Waals surface area contributed by atoms with Gasteiger partial charge in [0.2, 0.25) is 0 Å². The Morgan fingerprint density at radius 3 is 2.05 bits per heavy atom. The van der Waals surface area contributed by atoms with Gasteiger partial charge < -0.3 is 4.74 Å². The summed E-state index contributed by atoms with van der Waals surface area (Å²) >= 11 is 3.93. The molecule has 1 saturated carbocycles. The van der Waals surface area contributed by atoms with Crippen LogP contribution in [0.3, 0.4) is 0 Å². The molecule has 19 heavy (non-hydrogen) atoms. The van der Waals surface area contributed by atoms with Crippen molar-refractivity contribution in [1.82, 2.24) is 0 Å². The Bertz CT molecular complexity index is 443. The molecular weight excluding hydrogens is 300 g/mol. The van der Waals surface area contributed by atoms with E-state index in [2.05, 4.69) is 49.7 Å². The largest absolute Gasteiger partial charge is 0.378 e. The molecule has 106 valence electrons. The minimum absolute atomic E-state index is 0.116. The van der Waals surface area contributed by atoms with Crippen LogP contribution < -0.4 is 0 Å². The van der Waals surface area contributed by atoms with Crippen molar-refractivity contribution in [2.24, 2.45) is 0 Å². The molecule has 1 unspecified atom stereocenters. The molecule has 0 spiro atoms. The van der Waals surface area contributed by atoms with E-state index >= 15 is 0 Å². The summed E-state index contributed by atoms with van der Waals surface area (Å²) in [7, 11) is 1.86. The average Bonchev–Trinajstić information content (AvgIpc) is 2.32. The Kier molecular flexibility index (Phi) is 4.42. The number of benzene rings is 1. The Labute approximate surface area is 125 Å². The maximum atomic E-state index is 5.78. The van der Waals surface area contributed by atoms with E-state index in [0.29, 0.717) is 4.83 Å². The lowest BCUT2D eigenvalue weighted by atomic mass is 9.75. The summed E-state index contributed by atoms with van der Waals surface area (Å²) in [6.07, 6.45) is 4.79. The Morgan fingerprint density at radius 2 is 1.68 bits per heavy atom. The molecule has 1 nitrogen and oxygen atoms in total. The van der Waals surface area contributed by atoms with E-state index in [1.807, 2.05) is 7.11 Å². The number of aryl methyl sites for hydroxylation is 2. The SMILES string of the molecule is COC1(CC(Br)c2c(C)c(C)cc(C)c2C)CCC1. The first-order valence-electron chi connectivity index (χ1n) is 7.17. The lowest BCUT2D eigenvalue weighted by Crippen LogP contribution is -2.40. The van der Waals surface area contributed by atoms with Crippen molar-refractivity contribution in [1.29, 1.82) is 0 Å². The third kappa shape index (κ3) is 2.75. The maximum absolute atomic E-state index is 5.78. The van der Waals surface area contributed by atoms with E-state index < -0.39 is 0 Å². The maximum Gasteiger partial charge on any atom is 0.0692 e. The van der Waals surface area contributed by atoms with Gasteiger partial charge in [-0.25, -0.2) is 0 Å². The standard InChI is InChI=1S/C17H25BrO/c1-11-9-12(2)14(4)16(13(11)3)15(18)10-17(19-5)7-6-8-17/h9,15H,6-8,10H2,1-5H3. The molecule has 1 aromatic carbocycles. The Hall–Kier alpha value is -0.340. The van der Waals surface area contributed by atoms with E-state index in [1.165, 1.54) is 47.1 Å². The van der Waals surface area contributed by atoms with Crippen LogP contribution in [0.2, 0.25) is 0 Å². The fraction of sp³-hybridized carbons (Fsp3) is 0.647. The van der Waals surface area contributed by atoms with Crippen molar-refractivity contribution in [3.05, 3.63) is 33.9 Å². The minimum atomic E-state index is 0.116. The van der Waals surface area contributed by atoms with Crippen LogP contribution in [0.4, 0.5) is 0 Å². The number of hydrogen-bond acceptors (Lipinski definition) is 1. The fourth-order valence-corrected chi connectivity index (χ4v) is 4.49. The Morgan fingerprint density at radius 1 is 1.16 bits per heavy atom. The van der Waals surface area contributed by atoms with Crippen LogP contribution in [0.25, 0.3) is 0 Å². The zero-order chi connectivity index (χ0) is 14.2. The third-order valence-electron chi connectivity index (χ3n) is 4.99. The van der Waals surface area contributed by atoms with Crippen molar-refractivity contribution in [2.75, 3.05) is 7.11 Å². The van der Waals surface area contributed by atoms with Gasteiger partial charge in [-0.2, -0.15) is 0 Å².